The number of carbonyl (C=O) groups is 1. The number of benzene rings is 2. The lowest BCUT2D eigenvalue weighted by Gasteiger charge is -2.28. The van der Waals surface area contributed by atoms with Crippen LogP contribution in [-0.4, -0.2) is 32.9 Å². The molecule has 1 aromatic heterocycles. The van der Waals surface area contributed by atoms with Gasteiger partial charge in [-0.15, -0.1) is 11.8 Å². The van der Waals surface area contributed by atoms with Crippen molar-refractivity contribution in [1.29, 1.82) is 0 Å². The molecule has 1 aliphatic rings. The largest absolute Gasteiger partial charge is 0.305 e. The van der Waals surface area contributed by atoms with Gasteiger partial charge in [0.25, 0.3) is 11.6 Å². The number of nitrogens with zero attached hydrogens (tertiary/aromatic N) is 4. The van der Waals surface area contributed by atoms with Crippen molar-refractivity contribution in [2.45, 2.75) is 11.8 Å². The molecule has 0 unspecified atom stereocenters. The molecule has 0 bridgehead atoms. The predicted octanol–water partition coefficient (Wildman–Crippen LogP) is 3.20. The van der Waals surface area contributed by atoms with E-state index in [0.717, 1.165) is 10.6 Å². The van der Waals surface area contributed by atoms with Gasteiger partial charge in [0.15, 0.2) is 5.69 Å². The number of fused-ring (bicyclic) bond motifs is 1. The molecule has 4 rings (SSSR count). The minimum atomic E-state index is -0.520. The highest BCUT2D eigenvalue weighted by Gasteiger charge is 2.28. The number of thioether (sulfide) groups is 1. The molecule has 1 amide bonds. The molecule has 146 valence electrons. The first-order valence-electron chi connectivity index (χ1n) is 8.86. The topological polar surface area (TPSA) is 98.3 Å². The second-order valence-electron chi connectivity index (χ2n) is 6.43. The summed E-state index contributed by atoms with van der Waals surface area (Å²) in [6.45, 7) is 2.06. The molecule has 0 saturated carbocycles. The maximum absolute atomic E-state index is 13.2. The Labute approximate surface area is 169 Å². The average molecular weight is 408 g/mol. The minimum Gasteiger partial charge on any atom is -0.305 e. The van der Waals surface area contributed by atoms with Gasteiger partial charge in [0.05, 0.1) is 10.6 Å². The van der Waals surface area contributed by atoms with E-state index in [1.807, 2.05) is 24.3 Å². The van der Waals surface area contributed by atoms with Gasteiger partial charge in [-0.25, -0.2) is 4.68 Å². The Balaban J connectivity index is 1.83. The van der Waals surface area contributed by atoms with Crippen molar-refractivity contribution in [1.82, 2.24) is 9.78 Å². The Morgan fingerprint density at radius 2 is 1.83 bits per heavy atom. The quantitative estimate of drug-likeness (QED) is 0.488. The fraction of sp³-hybridized carbons (Fsp3) is 0.150. The van der Waals surface area contributed by atoms with Crippen LogP contribution in [0.25, 0.3) is 5.69 Å². The highest BCUT2D eigenvalue weighted by atomic mass is 32.2. The zero-order chi connectivity index (χ0) is 20.5. The molecule has 29 heavy (non-hydrogen) atoms. The third kappa shape index (κ3) is 3.40. The van der Waals surface area contributed by atoms with Crippen molar-refractivity contribution in [2.75, 3.05) is 17.2 Å². The molecule has 9 heteroatoms. The molecule has 0 radical (unpaired) electrons. The van der Waals surface area contributed by atoms with Gasteiger partial charge < -0.3 is 4.90 Å². The van der Waals surface area contributed by atoms with E-state index in [1.54, 1.807) is 30.8 Å². The zero-order valence-electron chi connectivity index (χ0n) is 15.4. The first-order valence-corrected chi connectivity index (χ1v) is 9.84. The summed E-state index contributed by atoms with van der Waals surface area (Å²) in [5.74, 6) is 0.183. The molecule has 0 saturated heterocycles. The van der Waals surface area contributed by atoms with Gasteiger partial charge in [-0.2, -0.15) is 5.10 Å². The van der Waals surface area contributed by atoms with Crippen molar-refractivity contribution >= 4 is 29.0 Å². The summed E-state index contributed by atoms with van der Waals surface area (Å²) in [6, 6.07) is 14.8. The lowest BCUT2D eigenvalue weighted by Crippen LogP contribution is -2.39. The molecule has 2 aromatic carbocycles. The summed E-state index contributed by atoms with van der Waals surface area (Å²) in [5.41, 5.74) is 0.375. The van der Waals surface area contributed by atoms with Gasteiger partial charge in [0.1, 0.15) is 5.69 Å². The van der Waals surface area contributed by atoms with Crippen molar-refractivity contribution in [3.05, 3.63) is 86.3 Å². The predicted molar refractivity (Wildman–Crippen MR) is 110 cm³/mol. The number of anilines is 1. The smallest absolute Gasteiger partial charge is 0.294 e. The van der Waals surface area contributed by atoms with Gasteiger partial charge >= 0.3 is 0 Å². The lowest BCUT2D eigenvalue weighted by molar-refractivity contribution is -0.384. The number of amides is 1. The summed E-state index contributed by atoms with van der Waals surface area (Å²) in [6.07, 6.45) is 0. The number of rotatable bonds is 3. The van der Waals surface area contributed by atoms with E-state index >= 15 is 0 Å². The lowest BCUT2D eigenvalue weighted by atomic mass is 10.2. The van der Waals surface area contributed by atoms with Crippen LogP contribution >= 0.6 is 11.8 Å². The number of carbonyl (C=O) groups excluding carboxylic acids is 1. The molecule has 8 nitrogen and oxygen atoms in total. The highest BCUT2D eigenvalue weighted by Crippen LogP contribution is 2.34. The Morgan fingerprint density at radius 3 is 2.59 bits per heavy atom. The third-order valence-corrected chi connectivity index (χ3v) is 5.63. The van der Waals surface area contributed by atoms with E-state index in [1.165, 1.54) is 27.8 Å². The van der Waals surface area contributed by atoms with Crippen molar-refractivity contribution in [3.8, 4) is 5.69 Å². The zero-order valence-corrected chi connectivity index (χ0v) is 16.3. The number of hydrogen-bond donors (Lipinski definition) is 0. The summed E-state index contributed by atoms with van der Waals surface area (Å²) in [7, 11) is 0. The Morgan fingerprint density at radius 1 is 1.14 bits per heavy atom. The Kier molecular flexibility index (Phi) is 4.89. The number of aromatic nitrogens is 2. The second kappa shape index (κ2) is 7.51. The molecule has 3 aromatic rings. The third-order valence-electron chi connectivity index (χ3n) is 4.59. The van der Waals surface area contributed by atoms with E-state index < -0.39 is 16.3 Å². The van der Waals surface area contributed by atoms with Crippen LogP contribution in [-0.2, 0) is 0 Å². The Bertz CT molecular complexity index is 1190. The van der Waals surface area contributed by atoms with Crippen LogP contribution in [0.2, 0.25) is 0 Å². The molecular formula is C20H16N4O4S. The second-order valence-corrected chi connectivity index (χ2v) is 7.57. The number of nitro benzene ring substituents is 1. The minimum absolute atomic E-state index is 0.162. The van der Waals surface area contributed by atoms with Crippen LogP contribution in [0.15, 0.2) is 64.3 Å². The molecule has 2 heterocycles. The monoisotopic (exact) mass is 408 g/mol. The van der Waals surface area contributed by atoms with Gasteiger partial charge in [-0.05, 0) is 25.1 Å². The molecule has 0 N–H and O–H groups in total. The first-order chi connectivity index (χ1) is 14.0. The van der Waals surface area contributed by atoms with Crippen molar-refractivity contribution < 1.29 is 9.72 Å². The summed E-state index contributed by atoms with van der Waals surface area (Å²) in [4.78, 5) is 39.2. The molecule has 1 aliphatic heterocycles. The maximum atomic E-state index is 13.2. The summed E-state index contributed by atoms with van der Waals surface area (Å²) in [5, 5.41) is 15.6. The highest BCUT2D eigenvalue weighted by molar-refractivity contribution is 7.99. The van der Waals surface area contributed by atoms with Crippen LogP contribution in [0.1, 0.15) is 16.2 Å². The standard InChI is InChI=1S/C20H16N4O4S/c1-13-12-17(25)19(21-23(13)14-6-2-3-7-15(14)24(27)28)20(26)22-10-11-29-18-9-5-4-8-16(18)22/h2-9,12H,10-11H2,1H3. The molecular weight excluding hydrogens is 392 g/mol. The summed E-state index contributed by atoms with van der Waals surface area (Å²) >= 11 is 1.64. The number of hydrogen-bond acceptors (Lipinski definition) is 6. The van der Waals surface area contributed by atoms with Crippen LogP contribution in [0.3, 0.4) is 0 Å². The molecule has 0 atom stereocenters. The van der Waals surface area contributed by atoms with E-state index in [-0.39, 0.29) is 17.1 Å². The molecule has 0 spiro atoms. The number of nitro groups is 1. The van der Waals surface area contributed by atoms with Crippen LogP contribution in [0.4, 0.5) is 11.4 Å². The fourth-order valence-corrected chi connectivity index (χ4v) is 4.24. The van der Waals surface area contributed by atoms with Gasteiger partial charge in [0, 0.05) is 35.0 Å². The number of para-hydroxylation sites is 3. The van der Waals surface area contributed by atoms with E-state index in [9.17, 15) is 19.7 Å². The van der Waals surface area contributed by atoms with Gasteiger partial charge in [0.2, 0.25) is 5.43 Å². The van der Waals surface area contributed by atoms with Crippen molar-refractivity contribution in [2.24, 2.45) is 0 Å². The van der Waals surface area contributed by atoms with Crippen LogP contribution in [0, 0.1) is 17.0 Å². The van der Waals surface area contributed by atoms with E-state index in [0.29, 0.717) is 18.0 Å². The van der Waals surface area contributed by atoms with Gasteiger partial charge in [-0.3, -0.25) is 19.7 Å². The van der Waals surface area contributed by atoms with Crippen LogP contribution in [0.5, 0.6) is 0 Å². The first kappa shape index (κ1) is 18.9. The van der Waals surface area contributed by atoms with E-state index in [2.05, 4.69) is 5.10 Å². The maximum Gasteiger partial charge on any atom is 0.294 e. The Hall–Kier alpha value is -3.46. The SMILES string of the molecule is Cc1cc(=O)c(C(=O)N2CCSc3ccccc32)nn1-c1ccccc1[N+](=O)[O-]. The van der Waals surface area contributed by atoms with Gasteiger partial charge in [-0.1, -0.05) is 24.3 Å². The van der Waals surface area contributed by atoms with Crippen LogP contribution < -0.4 is 10.3 Å². The normalized spacial score (nSPS) is 13.1. The molecule has 0 aliphatic carbocycles. The van der Waals surface area contributed by atoms with E-state index in [4.69, 9.17) is 0 Å². The fourth-order valence-electron chi connectivity index (χ4n) is 3.25. The van der Waals surface area contributed by atoms with Crippen molar-refractivity contribution in [3.63, 3.8) is 0 Å². The number of aryl methyl sites for hydroxylation is 1. The molecule has 0 fully saturated rings. The summed E-state index contributed by atoms with van der Waals surface area (Å²) < 4.78 is 1.28. The average Bonchev–Trinajstić information content (AvgIpc) is 2.73.